The Kier molecular flexibility index (Phi) is 5.12. The van der Waals surface area contributed by atoms with Crippen LogP contribution in [0.2, 0.25) is 5.02 Å². The second-order valence-corrected chi connectivity index (χ2v) is 7.42. The molecule has 2 aliphatic rings. The molecular weight excluding hydrogens is 312 g/mol. The summed E-state index contributed by atoms with van der Waals surface area (Å²) < 4.78 is 5.75. The number of hydrogen-bond acceptors (Lipinski definition) is 3. The fraction of sp³-hybridized carbons (Fsp3) is 0.611. The van der Waals surface area contributed by atoms with Crippen LogP contribution in [0.15, 0.2) is 18.2 Å². The Morgan fingerprint density at radius 2 is 2.04 bits per heavy atom. The Hall–Kier alpha value is -1.26. The monoisotopic (exact) mass is 336 g/mol. The number of rotatable bonds is 5. The molecule has 2 fully saturated rings. The zero-order valence-electron chi connectivity index (χ0n) is 13.8. The number of carbonyl (C=O) groups excluding carboxylic acids is 1. The van der Waals surface area contributed by atoms with Crippen LogP contribution in [0.4, 0.5) is 5.69 Å². The van der Waals surface area contributed by atoms with Gasteiger partial charge in [-0.15, -0.1) is 0 Å². The number of amides is 1. The minimum atomic E-state index is 0.00518. The lowest BCUT2D eigenvalue weighted by Crippen LogP contribution is -2.39. The number of ether oxygens (including phenoxy) is 1. The number of carbonyl (C=O) groups is 1. The van der Waals surface area contributed by atoms with Crippen molar-refractivity contribution >= 4 is 23.2 Å². The maximum Gasteiger partial charge on any atom is 0.224 e. The molecule has 2 atom stereocenters. The maximum atomic E-state index is 12.4. The van der Waals surface area contributed by atoms with Crippen molar-refractivity contribution in [3.8, 4) is 5.75 Å². The summed E-state index contributed by atoms with van der Waals surface area (Å²) in [6, 6.07) is 6.67. The average molecular weight is 337 g/mol. The highest BCUT2D eigenvalue weighted by Gasteiger charge is 2.34. The van der Waals surface area contributed by atoms with Crippen LogP contribution in [0.5, 0.6) is 5.75 Å². The molecule has 2 saturated heterocycles. The number of halogens is 1. The third-order valence-corrected chi connectivity index (χ3v) is 4.94. The van der Waals surface area contributed by atoms with Gasteiger partial charge in [0.1, 0.15) is 0 Å². The Morgan fingerprint density at radius 3 is 2.70 bits per heavy atom. The molecule has 2 unspecified atom stereocenters. The minimum absolute atomic E-state index is 0.00518. The number of anilines is 1. The van der Waals surface area contributed by atoms with Crippen molar-refractivity contribution in [2.75, 3.05) is 5.32 Å². The zero-order valence-corrected chi connectivity index (χ0v) is 14.5. The van der Waals surface area contributed by atoms with Gasteiger partial charge >= 0.3 is 0 Å². The fourth-order valence-electron chi connectivity index (χ4n) is 3.77. The third-order valence-electron chi connectivity index (χ3n) is 4.64. The lowest BCUT2D eigenvalue weighted by molar-refractivity contribution is -0.117. The smallest absolute Gasteiger partial charge is 0.224 e. The van der Waals surface area contributed by atoms with E-state index in [1.807, 2.05) is 26.0 Å². The zero-order chi connectivity index (χ0) is 16.4. The third kappa shape index (κ3) is 4.18. The first-order chi connectivity index (χ1) is 11.0. The Bertz CT molecular complexity index is 564. The van der Waals surface area contributed by atoms with E-state index in [-0.39, 0.29) is 12.0 Å². The SMILES string of the molecule is CC(C)Oc1c(Cl)cccc1NC(=O)CC1CC2CCC(C1)N2. The highest BCUT2D eigenvalue weighted by molar-refractivity contribution is 6.32. The number of hydrogen-bond donors (Lipinski definition) is 2. The molecule has 2 heterocycles. The molecule has 2 aliphatic heterocycles. The van der Waals surface area contributed by atoms with Crippen LogP contribution in [-0.4, -0.2) is 24.1 Å². The summed E-state index contributed by atoms with van der Waals surface area (Å²) in [7, 11) is 0. The lowest BCUT2D eigenvalue weighted by atomic mass is 9.89. The first kappa shape index (κ1) is 16.6. The Balaban J connectivity index is 1.62. The van der Waals surface area contributed by atoms with Crippen LogP contribution in [0.3, 0.4) is 0 Å². The number of para-hydroxylation sites is 1. The van der Waals surface area contributed by atoms with Crippen molar-refractivity contribution in [2.45, 2.75) is 64.1 Å². The van der Waals surface area contributed by atoms with E-state index in [1.165, 1.54) is 12.8 Å². The predicted molar refractivity (Wildman–Crippen MR) is 93.1 cm³/mol. The van der Waals surface area contributed by atoms with Gasteiger partial charge in [0, 0.05) is 18.5 Å². The van der Waals surface area contributed by atoms with Crippen LogP contribution in [0.1, 0.15) is 46.0 Å². The summed E-state index contributed by atoms with van der Waals surface area (Å²) in [6.07, 6.45) is 5.30. The standard InChI is InChI=1S/C18H25ClN2O2/c1-11(2)23-18-15(19)4-3-5-16(18)21-17(22)10-12-8-13-6-7-14(9-12)20-13/h3-5,11-14,20H,6-10H2,1-2H3,(H,21,22). The second kappa shape index (κ2) is 7.10. The molecule has 1 aromatic carbocycles. The lowest BCUT2D eigenvalue weighted by Gasteiger charge is -2.28. The van der Waals surface area contributed by atoms with Gasteiger partial charge in [0.15, 0.2) is 5.75 Å². The van der Waals surface area contributed by atoms with Crippen LogP contribution in [0, 0.1) is 5.92 Å². The van der Waals surface area contributed by atoms with Gasteiger partial charge in [-0.3, -0.25) is 4.79 Å². The molecule has 23 heavy (non-hydrogen) atoms. The Labute approximate surface area is 142 Å². The van der Waals surface area contributed by atoms with E-state index in [1.54, 1.807) is 6.07 Å². The van der Waals surface area contributed by atoms with Crippen LogP contribution in [-0.2, 0) is 4.79 Å². The average Bonchev–Trinajstić information content (AvgIpc) is 2.81. The highest BCUT2D eigenvalue weighted by Crippen LogP contribution is 2.35. The van der Waals surface area contributed by atoms with Gasteiger partial charge in [-0.1, -0.05) is 17.7 Å². The molecular formula is C18H25ClN2O2. The van der Waals surface area contributed by atoms with Crippen LogP contribution >= 0.6 is 11.6 Å². The molecule has 126 valence electrons. The van der Waals surface area contributed by atoms with Crippen molar-refractivity contribution in [2.24, 2.45) is 5.92 Å². The summed E-state index contributed by atoms with van der Waals surface area (Å²) in [5.74, 6) is 1.08. The number of nitrogens with one attached hydrogen (secondary N) is 2. The largest absolute Gasteiger partial charge is 0.487 e. The van der Waals surface area contributed by atoms with Gasteiger partial charge in [0.05, 0.1) is 16.8 Å². The number of fused-ring (bicyclic) bond motifs is 2. The van der Waals surface area contributed by atoms with Crippen molar-refractivity contribution in [3.05, 3.63) is 23.2 Å². The summed E-state index contributed by atoms with van der Waals surface area (Å²) in [6.45, 7) is 3.89. The molecule has 2 N–H and O–H groups in total. The van der Waals surface area contributed by atoms with E-state index >= 15 is 0 Å². The molecule has 2 bridgehead atoms. The van der Waals surface area contributed by atoms with Crippen LogP contribution < -0.4 is 15.4 Å². The second-order valence-electron chi connectivity index (χ2n) is 7.01. The summed E-state index contributed by atoms with van der Waals surface area (Å²) in [4.78, 5) is 12.4. The van der Waals surface area contributed by atoms with E-state index in [2.05, 4.69) is 10.6 Å². The molecule has 1 amide bonds. The van der Waals surface area contributed by atoms with Crippen molar-refractivity contribution in [1.29, 1.82) is 0 Å². The van der Waals surface area contributed by atoms with Crippen molar-refractivity contribution in [1.82, 2.24) is 5.32 Å². The molecule has 1 aromatic rings. The molecule has 0 spiro atoms. The first-order valence-electron chi connectivity index (χ1n) is 8.52. The normalized spacial score (nSPS) is 26.3. The van der Waals surface area contributed by atoms with Gasteiger partial charge in [-0.2, -0.15) is 0 Å². The predicted octanol–water partition coefficient (Wildman–Crippen LogP) is 3.99. The van der Waals surface area contributed by atoms with E-state index in [4.69, 9.17) is 16.3 Å². The molecule has 0 aliphatic carbocycles. The van der Waals surface area contributed by atoms with Crippen LogP contribution in [0.25, 0.3) is 0 Å². The van der Waals surface area contributed by atoms with E-state index in [9.17, 15) is 4.79 Å². The van der Waals surface area contributed by atoms with E-state index in [0.29, 0.717) is 40.9 Å². The maximum absolute atomic E-state index is 12.4. The Morgan fingerprint density at radius 1 is 1.35 bits per heavy atom. The molecule has 0 aromatic heterocycles. The van der Waals surface area contributed by atoms with Gasteiger partial charge in [-0.25, -0.2) is 0 Å². The number of benzene rings is 1. The first-order valence-corrected chi connectivity index (χ1v) is 8.90. The quantitative estimate of drug-likeness (QED) is 0.854. The van der Waals surface area contributed by atoms with Gasteiger partial charge < -0.3 is 15.4 Å². The molecule has 5 heteroatoms. The molecule has 0 saturated carbocycles. The van der Waals surface area contributed by atoms with Crippen molar-refractivity contribution < 1.29 is 9.53 Å². The number of piperidine rings is 1. The molecule has 3 rings (SSSR count). The minimum Gasteiger partial charge on any atom is -0.487 e. The highest BCUT2D eigenvalue weighted by atomic mass is 35.5. The van der Waals surface area contributed by atoms with Gasteiger partial charge in [0.2, 0.25) is 5.91 Å². The van der Waals surface area contributed by atoms with Gasteiger partial charge in [-0.05, 0) is 57.6 Å². The van der Waals surface area contributed by atoms with E-state index in [0.717, 1.165) is 12.8 Å². The van der Waals surface area contributed by atoms with Gasteiger partial charge in [0.25, 0.3) is 0 Å². The fourth-order valence-corrected chi connectivity index (χ4v) is 3.99. The summed E-state index contributed by atoms with van der Waals surface area (Å²) in [5, 5.41) is 7.12. The topological polar surface area (TPSA) is 50.4 Å². The summed E-state index contributed by atoms with van der Waals surface area (Å²) >= 11 is 6.21. The summed E-state index contributed by atoms with van der Waals surface area (Å²) in [5.41, 5.74) is 0.660. The molecule has 0 radical (unpaired) electrons. The van der Waals surface area contributed by atoms with Crippen molar-refractivity contribution in [3.63, 3.8) is 0 Å². The molecule has 4 nitrogen and oxygen atoms in total. The van der Waals surface area contributed by atoms with E-state index < -0.39 is 0 Å².